The second kappa shape index (κ2) is 10.4. The highest BCUT2D eigenvalue weighted by molar-refractivity contribution is 5.80. The van der Waals surface area contributed by atoms with Crippen molar-refractivity contribution in [3.8, 4) is 0 Å². The summed E-state index contributed by atoms with van der Waals surface area (Å²) in [5, 5.41) is 13.5. The van der Waals surface area contributed by atoms with E-state index in [0.29, 0.717) is 56.2 Å². The largest absolute Gasteiger partial charge is 0.467 e. The molecule has 1 aliphatic rings. The molecule has 1 fully saturated rings. The van der Waals surface area contributed by atoms with Crippen LogP contribution < -0.4 is 5.56 Å². The predicted octanol–water partition coefficient (Wildman–Crippen LogP) is 3.08. The number of tetrazole rings is 1. The lowest BCUT2D eigenvalue weighted by Gasteiger charge is -2.36. The quantitative estimate of drug-likeness (QED) is 0.374. The van der Waals surface area contributed by atoms with Crippen LogP contribution in [0.3, 0.4) is 0 Å². The monoisotopic (exact) mass is 490 g/mol. The van der Waals surface area contributed by atoms with E-state index in [4.69, 9.17) is 9.15 Å². The van der Waals surface area contributed by atoms with Crippen LogP contribution >= 0.6 is 0 Å². The Hall–Kier alpha value is -3.79. The van der Waals surface area contributed by atoms with E-state index >= 15 is 0 Å². The van der Waals surface area contributed by atoms with E-state index in [0.717, 1.165) is 17.3 Å². The van der Waals surface area contributed by atoms with Crippen LogP contribution in [0.1, 0.15) is 55.4 Å². The summed E-state index contributed by atoms with van der Waals surface area (Å²) in [5.74, 6) is 0.954. The van der Waals surface area contributed by atoms with Gasteiger partial charge in [-0.1, -0.05) is 13.0 Å². The first-order valence-electron chi connectivity index (χ1n) is 12.4. The number of piperidine rings is 1. The molecule has 0 amide bonds. The van der Waals surface area contributed by atoms with E-state index in [2.05, 4.69) is 38.4 Å². The van der Waals surface area contributed by atoms with E-state index in [9.17, 15) is 9.59 Å². The number of aromatic amines is 1. The van der Waals surface area contributed by atoms with Gasteiger partial charge in [-0.05, 0) is 77.9 Å². The van der Waals surface area contributed by atoms with E-state index in [-0.39, 0.29) is 17.4 Å². The molecular weight excluding hydrogens is 460 g/mol. The van der Waals surface area contributed by atoms with Crippen molar-refractivity contribution < 1.29 is 13.9 Å². The zero-order chi connectivity index (χ0) is 25.1. The van der Waals surface area contributed by atoms with Crippen molar-refractivity contribution in [3.05, 3.63) is 75.7 Å². The molecule has 0 unspecified atom stereocenters. The molecule has 188 valence electrons. The molecule has 10 heteroatoms. The standard InChI is InChI=1S/C26H30N6O4/c1-3-17-7-8-22-19(14-17)15-21(25(33)27-22)23(31-11-9-18(10-12-31)26(34)35-4-2)24-28-29-30-32(24)16-20-6-5-13-36-20/h5-8,13-15,18,23H,3-4,9-12,16H2,1-2H3,(H,27,33)/t23-/m1/s1. The van der Waals surface area contributed by atoms with Crippen molar-refractivity contribution >= 4 is 16.9 Å². The average molecular weight is 491 g/mol. The van der Waals surface area contributed by atoms with Crippen molar-refractivity contribution in [3.63, 3.8) is 0 Å². The maximum atomic E-state index is 13.4. The Morgan fingerprint density at radius 2 is 2.06 bits per heavy atom. The number of nitrogens with zero attached hydrogens (tertiary/aromatic N) is 5. The van der Waals surface area contributed by atoms with Gasteiger partial charge in [0.05, 0.1) is 18.8 Å². The minimum Gasteiger partial charge on any atom is -0.467 e. The molecule has 0 saturated carbocycles. The first-order chi connectivity index (χ1) is 17.6. The number of ether oxygens (including phenoxy) is 1. The van der Waals surface area contributed by atoms with Gasteiger partial charge in [0, 0.05) is 24.2 Å². The van der Waals surface area contributed by atoms with Gasteiger partial charge >= 0.3 is 5.97 Å². The summed E-state index contributed by atoms with van der Waals surface area (Å²) in [7, 11) is 0. The van der Waals surface area contributed by atoms with Crippen LogP contribution in [-0.4, -0.2) is 55.8 Å². The van der Waals surface area contributed by atoms with Crippen LogP contribution in [0.2, 0.25) is 0 Å². The van der Waals surface area contributed by atoms with E-state index in [1.54, 1.807) is 10.9 Å². The van der Waals surface area contributed by atoms with Gasteiger partial charge in [0.25, 0.3) is 5.56 Å². The number of esters is 1. The van der Waals surface area contributed by atoms with Gasteiger partial charge in [0.15, 0.2) is 5.82 Å². The minimum atomic E-state index is -0.489. The van der Waals surface area contributed by atoms with Crippen molar-refractivity contribution in [2.45, 2.75) is 45.7 Å². The first-order valence-corrected chi connectivity index (χ1v) is 12.4. The number of likely N-dealkylation sites (tertiary alicyclic amines) is 1. The highest BCUT2D eigenvalue weighted by Gasteiger charge is 2.35. The topological polar surface area (TPSA) is 119 Å². The van der Waals surface area contributed by atoms with Gasteiger partial charge < -0.3 is 14.1 Å². The minimum absolute atomic E-state index is 0.150. The number of hydrogen-bond acceptors (Lipinski definition) is 8. The first kappa shape index (κ1) is 23.9. The van der Waals surface area contributed by atoms with Crippen LogP contribution in [0.25, 0.3) is 10.9 Å². The molecular formula is C26H30N6O4. The average Bonchev–Trinajstić information content (AvgIpc) is 3.58. The fraction of sp³-hybridized carbons (Fsp3) is 0.423. The molecule has 0 radical (unpaired) electrons. The third kappa shape index (κ3) is 4.81. The molecule has 1 aliphatic heterocycles. The second-order valence-corrected chi connectivity index (χ2v) is 9.07. The Labute approximate surface area is 208 Å². The molecule has 0 bridgehead atoms. The number of aromatic nitrogens is 5. The van der Waals surface area contributed by atoms with Crippen LogP contribution in [0.15, 0.2) is 51.9 Å². The lowest BCUT2D eigenvalue weighted by Crippen LogP contribution is -2.42. The fourth-order valence-corrected chi connectivity index (χ4v) is 4.92. The van der Waals surface area contributed by atoms with Crippen LogP contribution in [0.4, 0.5) is 0 Å². The van der Waals surface area contributed by atoms with Crippen molar-refractivity contribution in [2.24, 2.45) is 5.92 Å². The number of carbonyl (C=O) groups excluding carboxylic acids is 1. The fourth-order valence-electron chi connectivity index (χ4n) is 4.92. The smallest absolute Gasteiger partial charge is 0.309 e. The number of pyridine rings is 1. The summed E-state index contributed by atoms with van der Waals surface area (Å²) in [5.41, 5.74) is 2.36. The summed E-state index contributed by atoms with van der Waals surface area (Å²) in [6, 6.07) is 11.2. The predicted molar refractivity (Wildman–Crippen MR) is 132 cm³/mol. The maximum Gasteiger partial charge on any atom is 0.309 e. The third-order valence-corrected chi connectivity index (χ3v) is 6.84. The normalized spacial score (nSPS) is 15.8. The number of nitrogens with one attached hydrogen (secondary N) is 1. The van der Waals surface area contributed by atoms with Crippen LogP contribution in [0, 0.1) is 5.92 Å². The number of hydrogen-bond donors (Lipinski definition) is 1. The number of benzene rings is 1. The summed E-state index contributed by atoms with van der Waals surface area (Å²) in [6.45, 7) is 5.85. The number of rotatable bonds is 8. The molecule has 0 aliphatic carbocycles. The molecule has 1 N–H and O–H groups in total. The molecule has 36 heavy (non-hydrogen) atoms. The third-order valence-electron chi connectivity index (χ3n) is 6.84. The van der Waals surface area contributed by atoms with Crippen molar-refractivity contribution in [2.75, 3.05) is 19.7 Å². The Morgan fingerprint density at radius 1 is 1.22 bits per heavy atom. The lowest BCUT2D eigenvalue weighted by atomic mass is 9.93. The van der Waals surface area contributed by atoms with Crippen LogP contribution in [-0.2, 0) is 22.5 Å². The van der Waals surface area contributed by atoms with Crippen molar-refractivity contribution in [1.29, 1.82) is 0 Å². The number of furan rings is 1. The zero-order valence-corrected chi connectivity index (χ0v) is 20.5. The highest BCUT2D eigenvalue weighted by Crippen LogP contribution is 2.31. The van der Waals surface area contributed by atoms with Gasteiger partial charge in [-0.2, -0.15) is 0 Å². The Morgan fingerprint density at radius 3 is 2.78 bits per heavy atom. The molecule has 5 rings (SSSR count). The van der Waals surface area contributed by atoms with Gasteiger partial charge in [-0.15, -0.1) is 5.10 Å². The van der Waals surface area contributed by atoms with Gasteiger partial charge in [0.2, 0.25) is 0 Å². The Bertz CT molecular complexity index is 1390. The molecule has 4 aromatic rings. The van der Waals surface area contributed by atoms with Gasteiger partial charge in [0.1, 0.15) is 18.3 Å². The van der Waals surface area contributed by atoms with Crippen molar-refractivity contribution in [1.82, 2.24) is 30.1 Å². The maximum absolute atomic E-state index is 13.4. The molecule has 1 saturated heterocycles. The number of H-pyrrole nitrogens is 1. The Balaban J connectivity index is 1.55. The summed E-state index contributed by atoms with van der Waals surface area (Å²) >= 11 is 0. The molecule has 4 heterocycles. The molecule has 3 aromatic heterocycles. The number of fused-ring (bicyclic) bond motifs is 1. The van der Waals surface area contributed by atoms with Gasteiger partial charge in [-0.25, -0.2) is 4.68 Å². The number of carbonyl (C=O) groups is 1. The summed E-state index contributed by atoms with van der Waals surface area (Å²) < 4.78 is 12.4. The summed E-state index contributed by atoms with van der Waals surface area (Å²) in [4.78, 5) is 31.0. The van der Waals surface area contributed by atoms with E-state index in [1.165, 1.54) is 5.56 Å². The molecule has 1 aromatic carbocycles. The zero-order valence-electron chi connectivity index (χ0n) is 20.5. The molecule has 1 atom stereocenters. The molecule has 0 spiro atoms. The summed E-state index contributed by atoms with van der Waals surface area (Å²) in [6.07, 6.45) is 3.79. The van der Waals surface area contributed by atoms with Gasteiger partial charge in [-0.3, -0.25) is 14.5 Å². The Kier molecular flexibility index (Phi) is 6.95. The lowest BCUT2D eigenvalue weighted by molar-refractivity contribution is -0.149. The SMILES string of the molecule is CCOC(=O)C1CCN([C@H](c2cc3cc(CC)ccc3[nH]c2=O)c2nnnn2Cc2ccco2)CC1. The number of aryl methyl sites for hydroxylation is 1. The van der Waals surface area contributed by atoms with Crippen LogP contribution in [0.5, 0.6) is 0 Å². The second-order valence-electron chi connectivity index (χ2n) is 9.07. The van der Waals surface area contributed by atoms with E-state index in [1.807, 2.05) is 37.3 Å². The molecule has 10 nitrogen and oxygen atoms in total. The van der Waals surface area contributed by atoms with E-state index < -0.39 is 6.04 Å². The highest BCUT2D eigenvalue weighted by atomic mass is 16.5.